The first-order valence-electron chi connectivity index (χ1n) is 3.32. The van der Waals surface area contributed by atoms with Gasteiger partial charge in [-0.2, -0.15) is 0 Å². The largest absolute Gasteiger partial charge is 0.302 e. The highest BCUT2D eigenvalue weighted by molar-refractivity contribution is 6.31. The van der Waals surface area contributed by atoms with Crippen molar-refractivity contribution in [2.75, 3.05) is 0 Å². The van der Waals surface area contributed by atoms with E-state index in [1.807, 2.05) is 0 Å². The topological polar surface area (TPSA) is 30.7 Å². The lowest BCUT2D eigenvalue weighted by Crippen LogP contribution is -1.88. The van der Waals surface area contributed by atoms with Crippen LogP contribution in [0.25, 0.3) is 11.2 Å². The van der Waals surface area contributed by atoms with Crippen LogP contribution in [0.3, 0.4) is 0 Å². The van der Waals surface area contributed by atoms with Gasteiger partial charge in [-0.15, -0.1) is 0 Å². The number of rotatable bonds is 0. The van der Waals surface area contributed by atoms with Crippen LogP contribution in [0.2, 0.25) is 10.3 Å². The number of aromatic nitrogens is 3. The van der Waals surface area contributed by atoms with Gasteiger partial charge >= 0.3 is 0 Å². The van der Waals surface area contributed by atoms with Crippen molar-refractivity contribution < 1.29 is 0 Å². The van der Waals surface area contributed by atoms with Crippen molar-refractivity contribution in [1.82, 2.24) is 14.5 Å². The molecule has 2 aromatic heterocycles. The summed E-state index contributed by atoms with van der Waals surface area (Å²) in [5, 5.41) is 0.983. The van der Waals surface area contributed by atoms with E-state index in [1.165, 1.54) is 0 Å². The molecular formula is C7H5Cl2N3. The summed E-state index contributed by atoms with van der Waals surface area (Å²) in [5.41, 5.74) is 1.46. The smallest absolute Gasteiger partial charge is 0.204 e. The number of imidazole rings is 1. The van der Waals surface area contributed by atoms with Crippen LogP contribution >= 0.6 is 23.2 Å². The van der Waals surface area contributed by atoms with Gasteiger partial charge in [0.2, 0.25) is 5.28 Å². The van der Waals surface area contributed by atoms with E-state index < -0.39 is 0 Å². The minimum Gasteiger partial charge on any atom is -0.302 e. The summed E-state index contributed by atoms with van der Waals surface area (Å²) in [6.45, 7) is 0. The summed E-state index contributed by atoms with van der Waals surface area (Å²) in [6, 6.07) is 1.73. The van der Waals surface area contributed by atoms with E-state index in [0.717, 1.165) is 11.2 Å². The molecule has 2 rings (SSSR count). The Morgan fingerprint density at radius 1 is 1.42 bits per heavy atom. The predicted molar refractivity (Wildman–Crippen MR) is 48.5 cm³/mol. The van der Waals surface area contributed by atoms with Crippen LogP contribution in [-0.2, 0) is 7.05 Å². The monoisotopic (exact) mass is 201 g/mol. The van der Waals surface area contributed by atoms with Crippen LogP contribution in [0, 0.1) is 0 Å². The molecule has 0 fully saturated rings. The van der Waals surface area contributed by atoms with E-state index >= 15 is 0 Å². The van der Waals surface area contributed by atoms with Crippen LogP contribution in [0.4, 0.5) is 0 Å². The molecule has 12 heavy (non-hydrogen) atoms. The first-order chi connectivity index (χ1) is 5.68. The molecule has 0 bridgehead atoms. The van der Waals surface area contributed by atoms with Gasteiger partial charge in [0.05, 0.1) is 5.02 Å². The molecule has 2 aromatic rings. The molecule has 0 aromatic carbocycles. The van der Waals surface area contributed by atoms with E-state index in [0.29, 0.717) is 10.3 Å². The van der Waals surface area contributed by atoms with E-state index in [2.05, 4.69) is 9.97 Å². The lowest BCUT2D eigenvalue weighted by molar-refractivity contribution is 0.932. The summed E-state index contributed by atoms with van der Waals surface area (Å²) in [5.74, 6) is 0. The second kappa shape index (κ2) is 2.61. The maximum absolute atomic E-state index is 5.77. The van der Waals surface area contributed by atoms with Gasteiger partial charge in [-0.05, 0) is 17.7 Å². The van der Waals surface area contributed by atoms with E-state index in [9.17, 15) is 0 Å². The Morgan fingerprint density at radius 2 is 2.17 bits per heavy atom. The second-order valence-corrected chi connectivity index (χ2v) is 3.21. The van der Waals surface area contributed by atoms with Gasteiger partial charge in [0.1, 0.15) is 5.52 Å². The average Bonchev–Trinajstić information content (AvgIpc) is 2.28. The third kappa shape index (κ3) is 1.06. The third-order valence-electron chi connectivity index (χ3n) is 1.62. The van der Waals surface area contributed by atoms with Crippen LogP contribution in [0.1, 0.15) is 0 Å². The van der Waals surface area contributed by atoms with Gasteiger partial charge in [-0.25, -0.2) is 9.97 Å². The van der Waals surface area contributed by atoms with E-state index in [-0.39, 0.29) is 0 Å². The number of halogens is 2. The van der Waals surface area contributed by atoms with Crippen molar-refractivity contribution in [1.29, 1.82) is 0 Å². The Balaban J connectivity index is 2.87. The van der Waals surface area contributed by atoms with Crippen molar-refractivity contribution in [3.63, 3.8) is 0 Å². The highest BCUT2D eigenvalue weighted by atomic mass is 35.5. The molecule has 0 unspecified atom stereocenters. The molecule has 0 radical (unpaired) electrons. The number of fused-ring (bicyclic) bond motifs is 1. The van der Waals surface area contributed by atoms with E-state index in [4.69, 9.17) is 23.2 Å². The van der Waals surface area contributed by atoms with Gasteiger partial charge in [-0.1, -0.05) is 11.6 Å². The summed E-state index contributed by atoms with van der Waals surface area (Å²) in [6.07, 6.45) is 1.57. The molecule has 0 saturated carbocycles. The van der Waals surface area contributed by atoms with E-state index in [1.54, 1.807) is 23.9 Å². The summed E-state index contributed by atoms with van der Waals surface area (Å²) in [4.78, 5) is 8.14. The van der Waals surface area contributed by atoms with Crippen molar-refractivity contribution >= 4 is 34.4 Å². The second-order valence-electron chi connectivity index (χ2n) is 2.44. The average molecular weight is 202 g/mol. The number of aryl methyl sites for hydroxylation is 1. The number of pyridine rings is 1. The van der Waals surface area contributed by atoms with Crippen LogP contribution in [0.5, 0.6) is 0 Å². The first-order valence-corrected chi connectivity index (χ1v) is 4.07. The molecule has 2 heterocycles. The molecule has 0 N–H and O–H groups in total. The zero-order chi connectivity index (χ0) is 8.72. The molecule has 0 aliphatic carbocycles. The fourth-order valence-corrected chi connectivity index (χ4v) is 1.35. The summed E-state index contributed by atoms with van der Waals surface area (Å²) < 4.78 is 1.70. The molecule has 0 spiro atoms. The zero-order valence-electron chi connectivity index (χ0n) is 6.25. The molecule has 0 amide bonds. The quantitative estimate of drug-likeness (QED) is 0.655. The van der Waals surface area contributed by atoms with Crippen molar-refractivity contribution in [2.24, 2.45) is 7.05 Å². The van der Waals surface area contributed by atoms with Gasteiger partial charge < -0.3 is 4.57 Å². The fourth-order valence-electron chi connectivity index (χ4n) is 1.02. The SMILES string of the molecule is Cn1c(Cl)nc2cc(Cl)cnc21. The van der Waals surface area contributed by atoms with Gasteiger partial charge in [0, 0.05) is 13.2 Å². The van der Waals surface area contributed by atoms with Gasteiger partial charge in [0.15, 0.2) is 5.65 Å². The van der Waals surface area contributed by atoms with Crippen molar-refractivity contribution in [3.05, 3.63) is 22.6 Å². The first kappa shape index (κ1) is 7.83. The van der Waals surface area contributed by atoms with Crippen LogP contribution < -0.4 is 0 Å². The van der Waals surface area contributed by atoms with Crippen LogP contribution in [-0.4, -0.2) is 14.5 Å². The number of hydrogen-bond donors (Lipinski definition) is 0. The molecule has 5 heteroatoms. The van der Waals surface area contributed by atoms with Gasteiger partial charge in [0.25, 0.3) is 0 Å². The number of nitrogens with zero attached hydrogens (tertiary/aromatic N) is 3. The summed E-state index contributed by atoms with van der Waals surface area (Å²) in [7, 11) is 1.80. The fraction of sp³-hybridized carbons (Fsp3) is 0.143. The molecule has 0 aliphatic heterocycles. The molecule has 0 atom stereocenters. The Bertz CT molecular complexity index is 435. The zero-order valence-corrected chi connectivity index (χ0v) is 7.76. The maximum atomic E-state index is 5.77. The van der Waals surface area contributed by atoms with Crippen LogP contribution in [0.15, 0.2) is 12.3 Å². The minimum absolute atomic E-state index is 0.416. The highest BCUT2D eigenvalue weighted by Crippen LogP contribution is 2.18. The standard InChI is InChI=1S/C7H5Cl2N3/c1-12-6-5(11-7(12)9)2-4(8)3-10-6/h2-3H,1H3. The summed E-state index contributed by atoms with van der Waals surface area (Å²) >= 11 is 11.5. The maximum Gasteiger partial charge on any atom is 0.204 e. The Kier molecular flexibility index (Phi) is 1.70. The Labute approximate surface area is 78.9 Å². The molecule has 3 nitrogen and oxygen atoms in total. The minimum atomic E-state index is 0.416. The normalized spacial score (nSPS) is 10.9. The predicted octanol–water partition coefficient (Wildman–Crippen LogP) is 2.28. The number of hydrogen-bond acceptors (Lipinski definition) is 2. The lowest BCUT2D eigenvalue weighted by Gasteiger charge is -1.92. The highest BCUT2D eigenvalue weighted by Gasteiger charge is 2.05. The Hall–Kier alpha value is -0.800. The van der Waals surface area contributed by atoms with Crippen molar-refractivity contribution in [2.45, 2.75) is 0 Å². The lowest BCUT2D eigenvalue weighted by atomic mass is 10.4. The Morgan fingerprint density at radius 3 is 2.92 bits per heavy atom. The van der Waals surface area contributed by atoms with Gasteiger partial charge in [-0.3, -0.25) is 0 Å². The molecule has 0 aliphatic rings. The third-order valence-corrected chi connectivity index (χ3v) is 2.17. The molecule has 62 valence electrons. The van der Waals surface area contributed by atoms with Crippen molar-refractivity contribution in [3.8, 4) is 0 Å². The molecular weight excluding hydrogens is 197 g/mol. The molecule has 0 saturated heterocycles.